The fourth-order valence-corrected chi connectivity index (χ4v) is 4.09. The predicted octanol–water partition coefficient (Wildman–Crippen LogP) is 3.16. The van der Waals surface area contributed by atoms with Crippen LogP contribution in [0.25, 0.3) is 0 Å². The molecule has 4 aliphatic rings. The van der Waals surface area contributed by atoms with Gasteiger partial charge in [-0.2, -0.15) is 10.2 Å². The molecule has 2 atom stereocenters. The molecular formula is C18H30N6. The van der Waals surface area contributed by atoms with Gasteiger partial charge in [0.15, 0.2) is 11.1 Å². The molecule has 0 aromatic heterocycles. The van der Waals surface area contributed by atoms with Crippen LogP contribution < -0.4 is 0 Å². The van der Waals surface area contributed by atoms with E-state index in [9.17, 15) is 0 Å². The van der Waals surface area contributed by atoms with Crippen molar-refractivity contribution in [2.24, 2.45) is 32.0 Å². The van der Waals surface area contributed by atoms with Gasteiger partial charge in [0.1, 0.15) is 25.0 Å². The Morgan fingerprint density at radius 3 is 1.46 bits per heavy atom. The molecule has 2 unspecified atom stereocenters. The molecule has 0 aromatic rings. The van der Waals surface area contributed by atoms with Crippen LogP contribution in [0.3, 0.4) is 0 Å². The first-order valence-corrected chi connectivity index (χ1v) is 9.48. The van der Waals surface area contributed by atoms with Crippen molar-refractivity contribution in [3.63, 3.8) is 0 Å². The van der Waals surface area contributed by atoms with Crippen molar-refractivity contribution in [3.8, 4) is 0 Å². The average Bonchev–Trinajstić information content (AvgIpc) is 2.49. The number of hydrogen-bond donors (Lipinski definition) is 0. The Morgan fingerprint density at radius 2 is 1.25 bits per heavy atom. The number of amidine groups is 2. The van der Waals surface area contributed by atoms with E-state index in [-0.39, 0.29) is 11.1 Å². The van der Waals surface area contributed by atoms with Gasteiger partial charge in [0.25, 0.3) is 0 Å². The second kappa shape index (κ2) is 5.53. The van der Waals surface area contributed by atoms with E-state index in [0.29, 0.717) is 11.8 Å². The lowest BCUT2D eigenvalue weighted by Gasteiger charge is -2.56. The molecule has 0 saturated carbocycles. The minimum absolute atomic E-state index is 0.141. The van der Waals surface area contributed by atoms with Crippen LogP contribution in [0.2, 0.25) is 0 Å². The highest BCUT2D eigenvalue weighted by molar-refractivity contribution is 6.01. The summed E-state index contributed by atoms with van der Waals surface area (Å²) in [6.07, 6.45) is 4.50. The fourth-order valence-electron chi connectivity index (χ4n) is 4.09. The topological polar surface area (TPSA) is 55.9 Å². The quantitative estimate of drug-likeness (QED) is 0.642. The highest BCUT2D eigenvalue weighted by atomic mass is 15.5. The summed E-state index contributed by atoms with van der Waals surface area (Å²) in [4.78, 5) is 13.8. The second-order valence-corrected chi connectivity index (χ2v) is 8.77. The smallest absolute Gasteiger partial charge is 0.156 e. The van der Waals surface area contributed by atoms with Crippen molar-refractivity contribution in [2.45, 2.75) is 64.5 Å². The van der Waals surface area contributed by atoms with Crippen LogP contribution in [0, 0.1) is 11.8 Å². The normalized spacial score (nSPS) is 33.4. The van der Waals surface area contributed by atoms with Crippen molar-refractivity contribution in [3.05, 3.63) is 0 Å². The summed E-state index contributed by atoms with van der Waals surface area (Å²) < 4.78 is 0. The molecule has 0 bridgehead atoms. The molecule has 2 saturated heterocycles. The van der Waals surface area contributed by atoms with Gasteiger partial charge >= 0.3 is 0 Å². The lowest BCUT2D eigenvalue weighted by Crippen LogP contribution is -2.72. The number of hydrogen-bond acceptors (Lipinski definition) is 6. The molecule has 6 heteroatoms. The average molecular weight is 330 g/mol. The van der Waals surface area contributed by atoms with Crippen molar-refractivity contribution in [2.75, 3.05) is 26.4 Å². The number of azo groups is 1. The Kier molecular flexibility index (Phi) is 3.69. The van der Waals surface area contributed by atoms with Crippen LogP contribution in [0.15, 0.2) is 20.2 Å². The van der Waals surface area contributed by atoms with Gasteiger partial charge in [0.2, 0.25) is 0 Å². The van der Waals surface area contributed by atoms with Crippen LogP contribution in [0.5, 0.6) is 0 Å². The number of rotatable bonds is 8. The lowest BCUT2D eigenvalue weighted by atomic mass is 9.79. The largest absolute Gasteiger partial charge is 0.336 e. The molecule has 0 radical (unpaired) electrons. The summed E-state index contributed by atoms with van der Waals surface area (Å²) in [6, 6.07) is 0. The van der Waals surface area contributed by atoms with Gasteiger partial charge in [-0.15, -0.1) is 0 Å². The lowest BCUT2D eigenvalue weighted by molar-refractivity contribution is 0.162. The maximum Gasteiger partial charge on any atom is 0.156 e. The first-order chi connectivity index (χ1) is 11.4. The Labute approximate surface area is 145 Å². The molecule has 0 amide bonds. The van der Waals surface area contributed by atoms with E-state index >= 15 is 0 Å². The Bertz CT molecular complexity index is 555. The van der Waals surface area contributed by atoms with Crippen LogP contribution in [-0.2, 0) is 0 Å². The summed E-state index contributed by atoms with van der Waals surface area (Å²) in [5.74, 6) is 3.74. The third kappa shape index (κ3) is 2.37. The van der Waals surface area contributed by atoms with Crippen molar-refractivity contribution >= 4 is 11.7 Å². The maximum absolute atomic E-state index is 4.95. The van der Waals surface area contributed by atoms with Gasteiger partial charge in [-0.3, -0.25) is 0 Å². The van der Waals surface area contributed by atoms with Crippen LogP contribution in [-0.4, -0.2) is 59.0 Å². The minimum atomic E-state index is -0.141. The van der Waals surface area contributed by atoms with E-state index in [4.69, 9.17) is 10.2 Å². The van der Waals surface area contributed by atoms with E-state index in [2.05, 4.69) is 47.5 Å². The van der Waals surface area contributed by atoms with Crippen molar-refractivity contribution in [1.82, 2.24) is 9.80 Å². The zero-order valence-corrected chi connectivity index (χ0v) is 15.5. The molecule has 2 fully saturated rings. The van der Waals surface area contributed by atoms with Crippen molar-refractivity contribution < 1.29 is 0 Å². The molecule has 0 aromatic carbocycles. The monoisotopic (exact) mass is 330 g/mol. The zero-order chi connectivity index (χ0) is 16.9. The van der Waals surface area contributed by atoms with E-state index < -0.39 is 0 Å². The summed E-state index contributed by atoms with van der Waals surface area (Å²) in [6.45, 7) is 12.8. The van der Waals surface area contributed by atoms with Crippen LogP contribution in [0.1, 0.15) is 53.4 Å². The third-order valence-corrected chi connectivity index (χ3v) is 5.82. The molecule has 132 valence electrons. The van der Waals surface area contributed by atoms with Gasteiger partial charge in [-0.05, 0) is 37.5 Å². The SMILES string of the molecule is CC(C)CCC1(N=NC2(CCC(C)C)CN3CN=C32)CN2CN=C21. The highest BCUT2D eigenvalue weighted by Crippen LogP contribution is 2.42. The molecule has 4 rings (SSSR count). The van der Waals surface area contributed by atoms with Gasteiger partial charge in [0, 0.05) is 0 Å². The summed E-state index contributed by atoms with van der Waals surface area (Å²) >= 11 is 0. The molecule has 24 heavy (non-hydrogen) atoms. The van der Waals surface area contributed by atoms with Gasteiger partial charge in [-0.25, -0.2) is 9.98 Å². The molecule has 0 aliphatic carbocycles. The molecule has 4 heterocycles. The standard InChI is InChI=1S/C18H30N6/c1-13(2)5-7-17(9-23-11-19-15(17)23)21-22-18(8-6-14(3)4)10-24-12-20-16(18)24/h13-14H,5-12H2,1-4H3. The molecule has 0 N–H and O–H groups in total. The third-order valence-electron chi connectivity index (χ3n) is 5.82. The molecular weight excluding hydrogens is 300 g/mol. The first kappa shape index (κ1) is 16.0. The van der Waals surface area contributed by atoms with Gasteiger partial charge < -0.3 is 9.80 Å². The number of aliphatic imine (C=N–C) groups is 2. The summed E-state index contributed by atoms with van der Waals surface area (Å²) in [5.41, 5.74) is -0.282. The fraction of sp³-hybridized carbons (Fsp3) is 0.889. The zero-order valence-electron chi connectivity index (χ0n) is 15.5. The first-order valence-electron chi connectivity index (χ1n) is 9.48. The number of fused-ring (bicyclic) bond motifs is 2. The Hall–Kier alpha value is -1.46. The maximum atomic E-state index is 4.95. The number of nitrogens with zero attached hydrogens (tertiary/aromatic N) is 6. The highest BCUT2D eigenvalue weighted by Gasteiger charge is 2.57. The van der Waals surface area contributed by atoms with E-state index in [1.807, 2.05) is 0 Å². The summed E-state index contributed by atoms with van der Waals surface area (Å²) in [7, 11) is 0. The minimum Gasteiger partial charge on any atom is -0.336 e. The predicted molar refractivity (Wildman–Crippen MR) is 96.5 cm³/mol. The molecule has 6 nitrogen and oxygen atoms in total. The van der Waals surface area contributed by atoms with E-state index in [0.717, 1.165) is 39.3 Å². The molecule has 4 aliphatic heterocycles. The Balaban J connectivity index is 1.52. The molecule has 0 spiro atoms. The van der Waals surface area contributed by atoms with E-state index in [1.54, 1.807) is 0 Å². The second-order valence-electron chi connectivity index (χ2n) is 8.77. The Morgan fingerprint density at radius 1 is 0.833 bits per heavy atom. The van der Waals surface area contributed by atoms with Crippen molar-refractivity contribution in [1.29, 1.82) is 0 Å². The van der Waals surface area contributed by atoms with Crippen LogP contribution in [0.4, 0.5) is 0 Å². The van der Waals surface area contributed by atoms with Gasteiger partial charge in [0.05, 0.1) is 13.1 Å². The van der Waals surface area contributed by atoms with E-state index in [1.165, 1.54) is 24.5 Å². The summed E-state index contributed by atoms with van der Waals surface area (Å²) in [5, 5.41) is 9.90. The van der Waals surface area contributed by atoms with Crippen LogP contribution >= 0.6 is 0 Å². The van der Waals surface area contributed by atoms with Gasteiger partial charge in [-0.1, -0.05) is 27.7 Å².